The van der Waals surface area contributed by atoms with Gasteiger partial charge in [0.15, 0.2) is 11.5 Å². The average molecular weight is 394 g/mol. The number of nitrogens with zero attached hydrogens (tertiary/aromatic N) is 2. The number of amides is 1. The first-order valence-electron chi connectivity index (χ1n) is 8.28. The number of sulfonamides is 1. The third kappa shape index (κ3) is 3.17. The third-order valence-corrected chi connectivity index (χ3v) is 7.16. The minimum Gasteiger partial charge on any atom is -0.486 e. The van der Waals surface area contributed by atoms with Gasteiger partial charge in [0.1, 0.15) is 13.2 Å². The number of hydrogen-bond donors (Lipinski definition) is 0. The molecule has 1 aromatic heterocycles. The quantitative estimate of drug-likeness (QED) is 0.792. The van der Waals surface area contributed by atoms with E-state index in [9.17, 15) is 13.2 Å². The van der Waals surface area contributed by atoms with Gasteiger partial charge in [-0.2, -0.15) is 4.31 Å². The summed E-state index contributed by atoms with van der Waals surface area (Å²) in [5.41, 5.74) is 0. The molecule has 2 aromatic rings. The van der Waals surface area contributed by atoms with Crippen molar-refractivity contribution in [2.45, 2.75) is 4.90 Å². The van der Waals surface area contributed by atoms with Gasteiger partial charge in [-0.05, 0) is 23.6 Å². The van der Waals surface area contributed by atoms with E-state index in [1.165, 1.54) is 27.8 Å². The van der Waals surface area contributed by atoms with Crippen LogP contribution in [0.3, 0.4) is 0 Å². The molecule has 2 aliphatic rings. The highest BCUT2D eigenvalue weighted by Gasteiger charge is 2.31. The van der Waals surface area contributed by atoms with Gasteiger partial charge in [-0.25, -0.2) is 8.42 Å². The lowest BCUT2D eigenvalue weighted by atomic mass is 10.3. The summed E-state index contributed by atoms with van der Waals surface area (Å²) >= 11 is 1.39. The fourth-order valence-electron chi connectivity index (χ4n) is 3.02. The number of benzene rings is 1. The average Bonchev–Trinajstić information content (AvgIpc) is 3.22. The molecule has 0 saturated carbocycles. The first kappa shape index (κ1) is 17.3. The van der Waals surface area contributed by atoms with Crippen molar-refractivity contribution < 1.29 is 22.7 Å². The van der Waals surface area contributed by atoms with Gasteiger partial charge in [-0.3, -0.25) is 4.79 Å². The van der Waals surface area contributed by atoms with E-state index < -0.39 is 10.0 Å². The second kappa shape index (κ2) is 6.90. The summed E-state index contributed by atoms with van der Waals surface area (Å²) in [5, 5.41) is 1.86. The minimum absolute atomic E-state index is 0.0450. The number of carbonyl (C=O) groups excluding carboxylic acids is 1. The maximum Gasteiger partial charge on any atom is 0.264 e. The first-order valence-corrected chi connectivity index (χ1v) is 10.6. The van der Waals surface area contributed by atoms with Crippen molar-refractivity contribution >= 4 is 27.3 Å². The Bertz CT molecular complexity index is 903. The monoisotopic (exact) mass is 394 g/mol. The Morgan fingerprint density at radius 1 is 1.00 bits per heavy atom. The van der Waals surface area contributed by atoms with Crippen LogP contribution in [0.4, 0.5) is 0 Å². The summed E-state index contributed by atoms with van der Waals surface area (Å²) in [6.45, 7) is 2.15. The van der Waals surface area contributed by atoms with E-state index in [4.69, 9.17) is 9.47 Å². The van der Waals surface area contributed by atoms with Crippen molar-refractivity contribution in [1.29, 1.82) is 0 Å². The van der Waals surface area contributed by atoms with E-state index in [1.807, 2.05) is 11.4 Å². The molecule has 1 saturated heterocycles. The normalized spacial score (nSPS) is 17.9. The Kier molecular flexibility index (Phi) is 4.60. The number of piperazine rings is 1. The molecular formula is C17H18N2O5S2. The summed E-state index contributed by atoms with van der Waals surface area (Å²) in [4.78, 5) is 14.9. The van der Waals surface area contributed by atoms with Crippen LogP contribution < -0.4 is 9.47 Å². The van der Waals surface area contributed by atoms with Gasteiger partial charge in [0.2, 0.25) is 10.0 Å². The van der Waals surface area contributed by atoms with Gasteiger partial charge in [-0.15, -0.1) is 11.3 Å². The maximum absolute atomic E-state index is 12.9. The van der Waals surface area contributed by atoms with Gasteiger partial charge in [0.25, 0.3) is 5.91 Å². The van der Waals surface area contributed by atoms with Crippen LogP contribution in [0.1, 0.15) is 9.67 Å². The summed E-state index contributed by atoms with van der Waals surface area (Å²) < 4.78 is 38.1. The van der Waals surface area contributed by atoms with Gasteiger partial charge in [0.05, 0.1) is 9.77 Å². The first-order chi connectivity index (χ1) is 12.6. The van der Waals surface area contributed by atoms with E-state index in [1.54, 1.807) is 17.0 Å². The van der Waals surface area contributed by atoms with Crippen LogP contribution in [0.5, 0.6) is 11.5 Å². The summed E-state index contributed by atoms with van der Waals surface area (Å²) in [6.07, 6.45) is 0. The number of fused-ring (bicyclic) bond motifs is 1. The largest absolute Gasteiger partial charge is 0.486 e. The van der Waals surface area contributed by atoms with Crippen molar-refractivity contribution in [3.8, 4) is 11.5 Å². The second-order valence-corrected chi connectivity index (χ2v) is 8.86. The zero-order valence-corrected chi connectivity index (χ0v) is 15.6. The van der Waals surface area contributed by atoms with Crippen molar-refractivity contribution in [1.82, 2.24) is 9.21 Å². The zero-order chi connectivity index (χ0) is 18.1. The molecule has 138 valence electrons. The Balaban J connectivity index is 1.47. The topological polar surface area (TPSA) is 76.2 Å². The predicted molar refractivity (Wildman–Crippen MR) is 96.4 cm³/mol. The number of ether oxygens (including phenoxy) is 2. The van der Waals surface area contributed by atoms with Crippen LogP contribution in [-0.2, 0) is 10.0 Å². The lowest BCUT2D eigenvalue weighted by Crippen LogP contribution is -2.50. The summed E-state index contributed by atoms with van der Waals surface area (Å²) in [5.74, 6) is 0.960. The van der Waals surface area contributed by atoms with Crippen LogP contribution in [0.2, 0.25) is 0 Å². The second-order valence-electron chi connectivity index (χ2n) is 5.98. The molecule has 4 rings (SSSR count). The predicted octanol–water partition coefficient (Wildman–Crippen LogP) is 1.67. The SMILES string of the molecule is O=C(c1cccs1)N1CCN(S(=O)(=O)c2ccc3c(c2)OCCO3)CC1. The minimum atomic E-state index is -3.64. The number of carbonyl (C=O) groups is 1. The van der Waals surface area contributed by atoms with Crippen LogP contribution in [0, 0.1) is 0 Å². The van der Waals surface area contributed by atoms with Crippen molar-refractivity contribution in [3.63, 3.8) is 0 Å². The van der Waals surface area contributed by atoms with E-state index in [-0.39, 0.29) is 23.9 Å². The molecule has 9 heteroatoms. The highest BCUT2D eigenvalue weighted by atomic mass is 32.2. The standard InChI is InChI=1S/C17H18N2O5S2/c20-17(16-2-1-11-25-16)18-5-7-19(8-6-18)26(21,22)13-3-4-14-15(12-13)24-10-9-23-14/h1-4,11-12H,5-10H2. The van der Waals surface area contributed by atoms with Crippen LogP contribution in [-0.4, -0.2) is 62.9 Å². The van der Waals surface area contributed by atoms with E-state index in [2.05, 4.69) is 0 Å². The Morgan fingerprint density at radius 3 is 2.42 bits per heavy atom. The molecule has 0 atom stereocenters. The molecule has 0 spiro atoms. The van der Waals surface area contributed by atoms with Crippen LogP contribution >= 0.6 is 11.3 Å². The van der Waals surface area contributed by atoms with Crippen LogP contribution in [0.25, 0.3) is 0 Å². The molecule has 1 fully saturated rings. The maximum atomic E-state index is 12.9. The van der Waals surface area contributed by atoms with Crippen molar-refractivity contribution in [2.24, 2.45) is 0 Å². The Morgan fingerprint density at radius 2 is 1.73 bits per heavy atom. The molecule has 0 aliphatic carbocycles. The fourth-order valence-corrected chi connectivity index (χ4v) is 5.15. The molecular weight excluding hydrogens is 376 g/mol. The van der Waals surface area contributed by atoms with Gasteiger partial charge >= 0.3 is 0 Å². The highest BCUT2D eigenvalue weighted by Crippen LogP contribution is 2.33. The Hall–Kier alpha value is -2.10. The molecule has 26 heavy (non-hydrogen) atoms. The van der Waals surface area contributed by atoms with Gasteiger partial charge < -0.3 is 14.4 Å². The van der Waals surface area contributed by atoms with Crippen molar-refractivity contribution in [3.05, 3.63) is 40.6 Å². The van der Waals surface area contributed by atoms with E-state index in [0.29, 0.717) is 42.7 Å². The van der Waals surface area contributed by atoms with E-state index >= 15 is 0 Å². The summed E-state index contributed by atoms with van der Waals surface area (Å²) in [7, 11) is -3.64. The van der Waals surface area contributed by atoms with E-state index in [0.717, 1.165) is 0 Å². The fraction of sp³-hybridized carbons (Fsp3) is 0.353. The highest BCUT2D eigenvalue weighted by molar-refractivity contribution is 7.89. The number of hydrogen-bond acceptors (Lipinski definition) is 6. The zero-order valence-electron chi connectivity index (χ0n) is 14.0. The molecule has 2 aliphatic heterocycles. The molecule has 1 aromatic carbocycles. The molecule has 0 radical (unpaired) electrons. The van der Waals surface area contributed by atoms with Crippen molar-refractivity contribution in [2.75, 3.05) is 39.4 Å². The number of thiophene rings is 1. The lowest BCUT2D eigenvalue weighted by Gasteiger charge is -2.34. The molecule has 1 amide bonds. The van der Waals surface area contributed by atoms with Crippen LogP contribution in [0.15, 0.2) is 40.6 Å². The third-order valence-electron chi connectivity index (χ3n) is 4.41. The van der Waals surface area contributed by atoms with Gasteiger partial charge in [-0.1, -0.05) is 6.07 Å². The molecule has 0 bridgehead atoms. The molecule has 7 nitrogen and oxygen atoms in total. The summed E-state index contributed by atoms with van der Waals surface area (Å²) in [6, 6.07) is 8.28. The number of rotatable bonds is 3. The molecule has 0 unspecified atom stereocenters. The molecule has 3 heterocycles. The smallest absolute Gasteiger partial charge is 0.264 e. The Labute approximate surface area is 155 Å². The molecule has 0 N–H and O–H groups in total. The van der Waals surface area contributed by atoms with Gasteiger partial charge in [0, 0.05) is 32.2 Å². The lowest BCUT2D eigenvalue weighted by molar-refractivity contribution is 0.0703.